The smallest absolute Gasteiger partial charge is 0.339 e. The third-order valence-corrected chi connectivity index (χ3v) is 6.93. The summed E-state index contributed by atoms with van der Waals surface area (Å²) < 4.78 is 8.75. The summed E-state index contributed by atoms with van der Waals surface area (Å²) in [6.07, 6.45) is 10.1. The molecule has 0 aliphatic carbocycles. The van der Waals surface area contributed by atoms with Crippen LogP contribution in [0.1, 0.15) is 15.9 Å². The fourth-order valence-electron chi connectivity index (χ4n) is 4.49. The molecular weight excluding hydrogens is 551 g/mol. The molecule has 0 aliphatic heterocycles. The molecule has 0 aromatic carbocycles. The third kappa shape index (κ3) is 5.40. The summed E-state index contributed by atoms with van der Waals surface area (Å²) in [5.74, 6) is -0.409. The summed E-state index contributed by atoms with van der Waals surface area (Å²) in [4.78, 5) is 28.0. The summed E-state index contributed by atoms with van der Waals surface area (Å²) >= 11 is 11.9. The second kappa shape index (κ2) is 11.4. The largest absolute Gasteiger partial charge is 0.465 e. The van der Waals surface area contributed by atoms with E-state index in [1.54, 1.807) is 43.1 Å². The number of ether oxygens (including phenoxy) is 1. The number of aliphatic hydroxyl groups excluding tert-OH is 1. The lowest BCUT2D eigenvalue weighted by atomic mass is 10.1. The highest BCUT2D eigenvalue weighted by Crippen LogP contribution is 2.29. The van der Waals surface area contributed by atoms with E-state index < -0.39 is 5.97 Å². The van der Waals surface area contributed by atoms with Crippen LogP contribution in [0.15, 0.2) is 73.6 Å². The van der Waals surface area contributed by atoms with Gasteiger partial charge in [0.25, 0.3) is 0 Å². The number of fused-ring (bicyclic) bond motifs is 2. The van der Waals surface area contributed by atoms with E-state index in [0.717, 1.165) is 49.9 Å². The van der Waals surface area contributed by atoms with Crippen molar-refractivity contribution in [2.45, 2.75) is 6.61 Å². The van der Waals surface area contributed by atoms with Crippen LogP contribution >= 0.6 is 23.2 Å². The van der Waals surface area contributed by atoms with E-state index in [0.29, 0.717) is 15.9 Å². The van der Waals surface area contributed by atoms with Crippen LogP contribution in [0.2, 0.25) is 10.3 Å². The highest BCUT2D eigenvalue weighted by Gasteiger charge is 2.13. The Labute approximate surface area is 239 Å². The molecule has 6 aromatic heterocycles. The Morgan fingerprint density at radius 1 is 0.775 bits per heavy atom. The molecule has 0 saturated heterocycles. The van der Waals surface area contributed by atoms with Gasteiger partial charge in [0.15, 0.2) is 0 Å². The van der Waals surface area contributed by atoms with Gasteiger partial charge < -0.3 is 19.0 Å². The van der Waals surface area contributed by atoms with Crippen LogP contribution in [-0.2, 0) is 25.4 Å². The van der Waals surface area contributed by atoms with Gasteiger partial charge in [-0.2, -0.15) is 0 Å². The van der Waals surface area contributed by atoms with Gasteiger partial charge in [-0.05, 0) is 42.0 Å². The Balaban J connectivity index is 0.000000162. The second-order valence-electron chi connectivity index (χ2n) is 9.00. The molecule has 6 aromatic rings. The number of aliphatic hydroxyl groups is 1. The standard InChI is InChI=1S/C15H12ClN3O2.C14H12ClN3O/c1-19-12(4-10-8-18-14(16)5-13(10)19)9-3-11(7-17-6-9)15(20)21-2;1-18-12(10-2-9(8-19)5-16-6-10)3-11-7-17-14(15)4-13(11)18/h3-8H,1-2H3;2-7,19H,8H2,1H3. The third-order valence-electron chi connectivity index (χ3n) is 6.52. The Hall–Kier alpha value is -4.31. The number of pyridine rings is 4. The maximum atomic E-state index is 11.6. The molecule has 0 unspecified atom stereocenters. The summed E-state index contributed by atoms with van der Waals surface area (Å²) in [6, 6.07) is 11.3. The number of nitrogens with zero attached hydrogens (tertiary/aromatic N) is 6. The first-order valence-corrected chi connectivity index (χ1v) is 12.9. The first-order chi connectivity index (χ1) is 19.3. The average molecular weight is 575 g/mol. The molecule has 0 bridgehead atoms. The van der Waals surface area contributed by atoms with Crippen LogP contribution in [0.4, 0.5) is 0 Å². The number of hydrogen-bond donors (Lipinski definition) is 1. The first kappa shape index (κ1) is 27.3. The van der Waals surface area contributed by atoms with E-state index in [1.807, 2.05) is 47.5 Å². The molecule has 6 rings (SSSR count). The lowest BCUT2D eigenvalue weighted by molar-refractivity contribution is 0.0600. The van der Waals surface area contributed by atoms with Crippen LogP contribution in [0.5, 0.6) is 0 Å². The van der Waals surface area contributed by atoms with Crippen molar-refractivity contribution in [2.75, 3.05) is 7.11 Å². The molecule has 0 atom stereocenters. The molecule has 1 N–H and O–H groups in total. The highest BCUT2D eigenvalue weighted by atomic mass is 35.5. The fourth-order valence-corrected chi connectivity index (χ4v) is 4.79. The van der Waals surface area contributed by atoms with Gasteiger partial charge in [-0.3, -0.25) is 9.97 Å². The molecule has 9 nitrogen and oxygen atoms in total. The number of aryl methyl sites for hydroxylation is 2. The van der Waals surface area contributed by atoms with Crippen molar-refractivity contribution in [1.29, 1.82) is 0 Å². The molecule has 0 fully saturated rings. The maximum absolute atomic E-state index is 11.6. The normalized spacial score (nSPS) is 10.9. The molecule has 6 heterocycles. The minimum Gasteiger partial charge on any atom is -0.465 e. The van der Waals surface area contributed by atoms with Gasteiger partial charge in [0.05, 0.1) is 41.7 Å². The fraction of sp³-hybridized carbons (Fsp3) is 0.138. The van der Waals surface area contributed by atoms with Gasteiger partial charge in [0.1, 0.15) is 10.3 Å². The van der Waals surface area contributed by atoms with E-state index in [9.17, 15) is 9.90 Å². The number of esters is 1. The zero-order valence-corrected chi connectivity index (χ0v) is 23.4. The lowest BCUT2D eigenvalue weighted by Crippen LogP contribution is -2.02. The van der Waals surface area contributed by atoms with E-state index in [4.69, 9.17) is 27.9 Å². The van der Waals surface area contributed by atoms with Crippen LogP contribution in [-0.4, -0.2) is 47.3 Å². The molecule has 0 aliphatic rings. The van der Waals surface area contributed by atoms with Gasteiger partial charge >= 0.3 is 5.97 Å². The van der Waals surface area contributed by atoms with Gasteiger partial charge in [0.2, 0.25) is 0 Å². The zero-order chi connectivity index (χ0) is 28.4. The van der Waals surface area contributed by atoms with Gasteiger partial charge in [-0.15, -0.1) is 0 Å². The number of rotatable bonds is 4. The summed E-state index contributed by atoms with van der Waals surface area (Å²) in [7, 11) is 5.25. The van der Waals surface area contributed by atoms with Gasteiger partial charge in [-0.1, -0.05) is 23.2 Å². The number of aromatic nitrogens is 6. The van der Waals surface area contributed by atoms with Crippen LogP contribution in [0, 0.1) is 0 Å². The average Bonchev–Trinajstić information content (AvgIpc) is 3.48. The monoisotopic (exact) mass is 574 g/mol. The van der Waals surface area contributed by atoms with Crippen molar-refractivity contribution in [2.24, 2.45) is 14.1 Å². The Morgan fingerprint density at radius 2 is 1.30 bits per heavy atom. The van der Waals surface area contributed by atoms with Crippen molar-refractivity contribution in [3.8, 4) is 22.5 Å². The zero-order valence-electron chi connectivity index (χ0n) is 21.8. The van der Waals surface area contributed by atoms with Crippen molar-refractivity contribution >= 4 is 51.0 Å². The second-order valence-corrected chi connectivity index (χ2v) is 9.78. The van der Waals surface area contributed by atoms with Crippen molar-refractivity contribution in [3.63, 3.8) is 0 Å². The van der Waals surface area contributed by atoms with E-state index in [2.05, 4.69) is 19.9 Å². The molecular formula is C29H24Cl2N6O3. The summed E-state index contributed by atoms with van der Waals surface area (Å²) in [6.45, 7) is -0.0157. The molecule has 0 saturated carbocycles. The minimum atomic E-state index is -0.409. The van der Waals surface area contributed by atoms with Gasteiger partial charge in [-0.25, -0.2) is 14.8 Å². The van der Waals surface area contributed by atoms with Crippen LogP contribution in [0.3, 0.4) is 0 Å². The molecule has 0 radical (unpaired) electrons. The topological polar surface area (TPSA) is 108 Å². The molecule has 0 spiro atoms. The Bertz CT molecular complexity index is 1860. The minimum absolute atomic E-state index is 0.0157. The molecule has 202 valence electrons. The van der Waals surface area contributed by atoms with Crippen molar-refractivity contribution in [1.82, 2.24) is 29.1 Å². The Morgan fingerprint density at radius 3 is 1.82 bits per heavy atom. The molecule has 40 heavy (non-hydrogen) atoms. The number of methoxy groups -OCH3 is 1. The predicted molar refractivity (Wildman–Crippen MR) is 155 cm³/mol. The SMILES string of the molecule is COC(=O)c1cncc(-c2cc3cnc(Cl)cc3n2C)c1.Cn1c(-c2cncc(CO)c2)cc2cnc(Cl)cc21. The number of carbonyl (C=O) groups is 1. The summed E-state index contributed by atoms with van der Waals surface area (Å²) in [5, 5.41) is 12.1. The molecule has 11 heteroatoms. The van der Waals surface area contributed by atoms with E-state index in [-0.39, 0.29) is 6.61 Å². The van der Waals surface area contributed by atoms with Gasteiger partial charge in [0, 0.05) is 73.2 Å². The lowest BCUT2D eigenvalue weighted by Gasteiger charge is -2.05. The number of carbonyl (C=O) groups excluding carboxylic acids is 1. The molecule has 0 amide bonds. The predicted octanol–water partition coefficient (Wildman–Crippen LogP) is 5.86. The number of halogens is 2. The Kier molecular flexibility index (Phi) is 7.79. The maximum Gasteiger partial charge on any atom is 0.339 e. The van der Waals surface area contributed by atoms with E-state index >= 15 is 0 Å². The number of hydrogen-bond acceptors (Lipinski definition) is 7. The van der Waals surface area contributed by atoms with Crippen LogP contribution in [0.25, 0.3) is 44.3 Å². The first-order valence-electron chi connectivity index (χ1n) is 12.1. The van der Waals surface area contributed by atoms with Crippen LogP contribution < -0.4 is 0 Å². The quantitative estimate of drug-likeness (QED) is 0.207. The van der Waals surface area contributed by atoms with Crippen molar-refractivity contribution < 1.29 is 14.6 Å². The highest BCUT2D eigenvalue weighted by molar-refractivity contribution is 6.30. The van der Waals surface area contributed by atoms with Crippen molar-refractivity contribution in [3.05, 3.63) is 95.0 Å². The van der Waals surface area contributed by atoms with E-state index in [1.165, 1.54) is 13.3 Å². The summed E-state index contributed by atoms with van der Waals surface area (Å²) in [5.41, 5.74) is 6.91.